The van der Waals surface area contributed by atoms with Crippen LogP contribution in [-0.2, 0) is 9.53 Å². The summed E-state index contributed by atoms with van der Waals surface area (Å²) in [6.07, 6.45) is 5.26. The van der Waals surface area contributed by atoms with Crippen molar-refractivity contribution in [2.45, 2.75) is 19.3 Å². The second-order valence-electron chi connectivity index (χ2n) is 4.87. The van der Waals surface area contributed by atoms with Crippen molar-refractivity contribution >= 4 is 5.91 Å². The minimum Gasteiger partial charge on any atom is -0.380 e. The summed E-state index contributed by atoms with van der Waals surface area (Å²) in [5.74, 6) is 0.519. The lowest BCUT2D eigenvalue weighted by atomic mass is 9.97. The quantitative estimate of drug-likeness (QED) is 0.739. The molecule has 0 bridgehead atoms. The van der Waals surface area contributed by atoms with E-state index in [4.69, 9.17) is 4.74 Å². The Morgan fingerprint density at radius 3 is 3.12 bits per heavy atom. The summed E-state index contributed by atoms with van der Waals surface area (Å²) in [5, 5.41) is 3.30. The molecule has 0 aromatic carbocycles. The molecule has 2 heterocycles. The maximum atomic E-state index is 12.2. The van der Waals surface area contributed by atoms with E-state index in [0.717, 1.165) is 45.4 Å². The fourth-order valence-electron chi connectivity index (χ4n) is 2.55. The molecule has 0 aromatic heterocycles. The zero-order valence-electron chi connectivity index (χ0n) is 10.6. The summed E-state index contributed by atoms with van der Waals surface area (Å²) in [7, 11) is 1.71. The first-order valence-electron chi connectivity index (χ1n) is 6.47. The van der Waals surface area contributed by atoms with Gasteiger partial charge in [-0.15, -0.1) is 0 Å². The van der Waals surface area contributed by atoms with Gasteiger partial charge in [0.2, 0.25) is 5.91 Å². The Hall–Kier alpha value is -0.870. The number of rotatable bonds is 3. The van der Waals surface area contributed by atoms with E-state index in [1.807, 2.05) is 4.90 Å². The molecule has 1 saturated heterocycles. The van der Waals surface area contributed by atoms with E-state index < -0.39 is 0 Å². The van der Waals surface area contributed by atoms with Crippen molar-refractivity contribution in [2.75, 3.05) is 39.9 Å². The molecule has 1 atom stereocenters. The highest BCUT2D eigenvalue weighted by molar-refractivity contribution is 5.79. The zero-order chi connectivity index (χ0) is 12.1. The third-order valence-corrected chi connectivity index (χ3v) is 3.59. The first kappa shape index (κ1) is 12.6. The van der Waals surface area contributed by atoms with Gasteiger partial charge in [0.1, 0.15) is 0 Å². The van der Waals surface area contributed by atoms with E-state index in [0.29, 0.717) is 12.5 Å². The highest BCUT2D eigenvalue weighted by Crippen LogP contribution is 2.17. The molecule has 1 fully saturated rings. The van der Waals surface area contributed by atoms with Gasteiger partial charge in [-0.1, -0.05) is 6.08 Å². The van der Waals surface area contributed by atoms with Gasteiger partial charge in [0.15, 0.2) is 0 Å². The summed E-state index contributed by atoms with van der Waals surface area (Å²) in [6.45, 7) is 4.22. The topological polar surface area (TPSA) is 41.6 Å². The monoisotopic (exact) mass is 238 g/mol. The number of nitrogens with zero attached hydrogens (tertiary/aromatic N) is 1. The van der Waals surface area contributed by atoms with Crippen molar-refractivity contribution in [2.24, 2.45) is 5.92 Å². The average Bonchev–Trinajstić information content (AvgIpc) is 2.40. The number of nitrogens with one attached hydrogen (secondary N) is 1. The standard InChI is InChI=1S/C13H22N2O2/c1-17-10-11-4-7-15(8-5-11)13(16)12-3-2-6-14-9-12/h4,12,14H,2-3,5-10H2,1H3/t12-/m0/s1. The molecule has 0 radical (unpaired) electrons. The van der Waals surface area contributed by atoms with E-state index in [1.165, 1.54) is 5.57 Å². The van der Waals surface area contributed by atoms with Gasteiger partial charge in [-0.3, -0.25) is 4.79 Å². The van der Waals surface area contributed by atoms with Crippen molar-refractivity contribution in [1.82, 2.24) is 10.2 Å². The molecule has 4 heteroatoms. The largest absolute Gasteiger partial charge is 0.380 e. The van der Waals surface area contributed by atoms with Crippen LogP contribution in [0, 0.1) is 5.92 Å². The van der Waals surface area contributed by atoms with Gasteiger partial charge in [-0.2, -0.15) is 0 Å². The third-order valence-electron chi connectivity index (χ3n) is 3.59. The molecule has 2 rings (SSSR count). The molecule has 1 N–H and O–H groups in total. The van der Waals surface area contributed by atoms with E-state index in [2.05, 4.69) is 11.4 Å². The molecule has 17 heavy (non-hydrogen) atoms. The molecule has 0 saturated carbocycles. The van der Waals surface area contributed by atoms with Crippen LogP contribution in [-0.4, -0.2) is 50.7 Å². The molecular formula is C13H22N2O2. The Bertz CT molecular complexity index is 296. The van der Waals surface area contributed by atoms with Gasteiger partial charge < -0.3 is 15.0 Å². The van der Waals surface area contributed by atoms with Crippen LogP contribution >= 0.6 is 0 Å². The van der Waals surface area contributed by atoms with Crippen molar-refractivity contribution in [3.63, 3.8) is 0 Å². The minimum absolute atomic E-state index is 0.195. The molecule has 0 spiro atoms. The van der Waals surface area contributed by atoms with Crippen LogP contribution in [0.4, 0.5) is 0 Å². The Morgan fingerprint density at radius 2 is 2.53 bits per heavy atom. The van der Waals surface area contributed by atoms with Crippen LogP contribution < -0.4 is 5.32 Å². The summed E-state index contributed by atoms with van der Waals surface area (Å²) in [6, 6.07) is 0. The normalized spacial score (nSPS) is 25.6. The number of hydrogen-bond acceptors (Lipinski definition) is 3. The maximum Gasteiger partial charge on any atom is 0.227 e. The van der Waals surface area contributed by atoms with Crippen molar-refractivity contribution in [3.05, 3.63) is 11.6 Å². The number of piperidine rings is 1. The van der Waals surface area contributed by atoms with Crippen LogP contribution in [0.1, 0.15) is 19.3 Å². The lowest BCUT2D eigenvalue weighted by Gasteiger charge is -2.31. The molecule has 1 amide bonds. The van der Waals surface area contributed by atoms with Crippen molar-refractivity contribution in [3.8, 4) is 0 Å². The summed E-state index contributed by atoms with van der Waals surface area (Å²) in [5.41, 5.74) is 1.32. The number of carbonyl (C=O) groups is 1. The fourth-order valence-corrected chi connectivity index (χ4v) is 2.55. The number of methoxy groups -OCH3 is 1. The van der Waals surface area contributed by atoms with E-state index in [-0.39, 0.29) is 5.92 Å². The van der Waals surface area contributed by atoms with Gasteiger partial charge in [0.25, 0.3) is 0 Å². The molecule has 4 nitrogen and oxygen atoms in total. The summed E-state index contributed by atoms with van der Waals surface area (Å²) in [4.78, 5) is 14.2. The second kappa shape index (κ2) is 6.17. The van der Waals surface area contributed by atoms with Crippen LogP contribution in [0.5, 0.6) is 0 Å². The van der Waals surface area contributed by atoms with E-state index in [1.54, 1.807) is 7.11 Å². The van der Waals surface area contributed by atoms with Crippen LogP contribution in [0.2, 0.25) is 0 Å². The Kier molecular flexibility index (Phi) is 4.57. The van der Waals surface area contributed by atoms with E-state index >= 15 is 0 Å². The first-order valence-corrected chi connectivity index (χ1v) is 6.47. The molecule has 0 unspecified atom stereocenters. The molecule has 0 aromatic rings. The highest BCUT2D eigenvalue weighted by atomic mass is 16.5. The first-order chi connectivity index (χ1) is 8.31. The lowest BCUT2D eigenvalue weighted by molar-refractivity contribution is -0.135. The number of amides is 1. The van der Waals surface area contributed by atoms with Gasteiger partial charge in [-0.25, -0.2) is 0 Å². The SMILES string of the molecule is COCC1=CCN(C(=O)[C@H]2CCCNC2)CC1. The number of ether oxygens (including phenoxy) is 1. The molecule has 2 aliphatic rings. The predicted octanol–water partition coefficient (Wildman–Crippen LogP) is 0.791. The fraction of sp³-hybridized carbons (Fsp3) is 0.769. The number of carbonyl (C=O) groups excluding carboxylic acids is 1. The number of hydrogen-bond donors (Lipinski definition) is 1. The van der Waals surface area contributed by atoms with E-state index in [9.17, 15) is 4.79 Å². The summed E-state index contributed by atoms with van der Waals surface area (Å²) >= 11 is 0. The third kappa shape index (κ3) is 3.30. The van der Waals surface area contributed by atoms with Crippen LogP contribution in [0.15, 0.2) is 11.6 Å². The maximum absolute atomic E-state index is 12.2. The Balaban J connectivity index is 1.85. The Labute approximate surface area is 103 Å². The smallest absolute Gasteiger partial charge is 0.227 e. The average molecular weight is 238 g/mol. The van der Waals surface area contributed by atoms with Crippen LogP contribution in [0.3, 0.4) is 0 Å². The molecule has 0 aliphatic carbocycles. The van der Waals surface area contributed by atoms with Gasteiger partial charge in [0.05, 0.1) is 12.5 Å². The highest BCUT2D eigenvalue weighted by Gasteiger charge is 2.26. The van der Waals surface area contributed by atoms with Gasteiger partial charge in [-0.05, 0) is 31.4 Å². The molecule has 96 valence electrons. The molecule has 2 aliphatic heterocycles. The van der Waals surface area contributed by atoms with Gasteiger partial charge >= 0.3 is 0 Å². The predicted molar refractivity (Wildman–Crippen MR) is 66.7 cm³/mol. The Morgan fingerprint density at radius 1 is 1.65 bits per heavy atom. The summed E-state index contributed by atoms with van der Waals surface area (Å²) < 4.78 is 5.11. The lowest BCUT2D eigenvalue weighted by Crippen LogP contribution is -2.44. The van der Waals surface area contributed by atoms with Gasteiger partial charge in [0, 0.05) is 26.7 Å². The second-order valence-corrected chi connectivity index (χ2v) is 4.87. The minimum atomic E-state index is 0.195. The molecular weight excluding hydrogens is 216 g/mol. The van der Waals surface area contributed by atoms with Crippen molar-refractivity contribution < 1.29 is 9.53 Å². The van der Waals surface area contributed by atoms with Crippen molar-refractivity contribution in [1.29, 1.82) is 0 Å². The van der Waals surface area contributed by atoms with Crippen LogP contribution in [0.25, 0.3) is 0 Å². The zero-order valence-corrected chi connectivity index (χ0v) is 10.6.